The van der Waals surface area contributed by atoms with Gasteiger partial charge in [0, 0.05) is 25.8 Å². The molecule has 2 unspecified atom stereocenters. The molecule has 0 radical (unpaired) electrons. The maximum atomic E-state index is 11.4. The van der Waals surface area contributed by atoms with Crippen LogP contribution >= 0.6 is 0 Å². The summed E-state index contributed by atoms with van der Waals surface area (Å²) < 4.78 is 0. The lowest BCUT2D eigenvalue weighted by atomic mass is 10.0. The molecular weight excluding hydrogens is 252 g/mol. The van der Waals surface area contributed by atoms with Crippen molar-refractivity contribution in [1.82, 2.24) is 4.90 Å². The van der Waals surface area contributed by atoms with Gasteiger partial charge < -0.3 is 10.0 Å². The molecule has 1 aromatic rings. The van der Waals surface area contributed by atoms with Crippen molar-refractivity contribution in [3.63, 3.8) is 0 Å². The van der Waals surface area contributed by atoms with Gasteiger partial charge in [-0.1, -0.05) is 19.1 Å². The average molecular weight is 276 g/mol. The Balaban J connectivity index is 2.26. The molecule has 1 N–H and O–H groups in total. The number of anilines is 1. The Morgan fingerprint density at radius 2 is 2.25 bits per heavy atom. The highest BCUT2D eigenvalue weighted by Crippen LogP contribution is 2.35. The van der Waals surface area contributed by atoms with Gasteiger partial charge in [0.05, 0.1) is 0 Å². The van der Waals surface area contributed by atoms with Crippen molar-refractivity contribution in [3.8, 4) is 0 Å². The Bertz CT molecular complexity index is 473. The molecule has 0 aliphatic carbocycles. The first-order chi connectivity index (χ1) is 9.54. The number of nitrogens with zero attached hydrogens (tertiary/aromatic N) is 2. The lowest BCUT2D eigenvalue weighted by Gasteiger charge is -2.30. The summed E-state index contributed by atoms with van der Waals surface area (Å²) in [4.78, 5) is 15.7. The second-order valence-corrected chi connectivity index (χ2v) is 5.65. The van der Waals surface area contributed by atoms with Crippen LogP contribution in [0.15, 0.2) is 24.3 Å². The summed E-state index contributed by atoms with van der Waals surface area (Å²) in [7, 11) is 4.05. The van der Waals surface area contributed by atoms with Crippen molar-refractivity contribution in [2.24, 2.45) is 0 Å². The first kappa shape index (κ1) is 14.9. The number of carbonyl (C=O) groups is 1. The Labute approximate surface area is 121 Å². The van der Waals surface area contributed by atoms with Crippen LogP contribution in [0.2, 0.25) is 0 Å². The molecular formula is C16H24N2O2. The van der Waals surface area contributed by atoms with Crippen molar-refractivity contribution in [2.75, 3.05) is 25.5 Å². The number of hydrogen-bond donors (Lipinski definition) is 1. The molecule has 4 nitrogen and oxygen atoms in total. The fourth-order valence-electron chi connectivity index (χ4n) is 3.08. The summed E-state index contributed by atoms with van der Waals surface area (Å²) in [6, 6.07) is 8.30. The highest BCUT2D eigenvalue weighted by atomic mass is 16.4. The minimum absolute atomic E-state index is 0.232. The van der Waals surface area contributed by atoms with Gasteiger partial charge in [-0.25, -0.2) is 0 Å². The second-order valence-electron chi connectivity index (χ2n) is 5.65. The minimum atomic E-state index is -0.705. The zero-order chi connectivity index (χ0) is 14.7. The van der Waals surface area contributed by atoms with E-state index in [2.05, 4.69) is 34.1 Å². The summed E-state index contributed by atoms with van der Waals surface area (Å²) >= 11 is 0. The quantitative estimate of drug-likeness (QED) is 0.898. The van der Waals surface area contributed by atoms with E-state index >= 15 is 0 Å². The van der Waals surface area contributed by atoms with Crippen molar-refractivity contribution >= 4 is 11.7 Å². The standard InChI is InChI=1S/C16H24N2O2/c1-4-14(16(19)20)18-10-6-9-15(18)12-7-5-8-13(11-12)17(2)3/h5,7-8,11,14-15H,4,6,9-10H2,1-3H3,(H,19,20). The van der Waals surface area contributed by atoms with Crippen LogP contribution in [0.4, 0.5) is 5.69 Å². The SMILES string of the molecule is CCC(C(=O)O)N1CCCC1c1cccc(N(C)C)c1. The molecule has 1 fully saturated rings. The van der Waals surface area contributed by atoms with Crippen molar-refractivity contribution < 1.29 is 9.90 Å². The van der Waals surface area contributed by atoms with Gasteiger partial charge in [0.15, 0.2) is 0 Å². The third-order valence-electron chi connectivity index (χ3n) is 4.14. The normalized spacial score (nSPS) is 20.9. The van der Waals surface area contributed by atoms with Crippen LogP contribution in [-0.2, 0) is 4.79 Å². The van der Waals surface area contributed by atoms with Gasteiger partial charge in [-0.3, -0.25) is 9.69 Å². The topological polar surface area (TPSA) is 43.8 Å². The van der Waals surface area contributed by atoms with Gasteiger partial charge >= 0.3 is 5.97 Å². The van der Waals surface area contributed by atoms with Crippen molar-refractivity contribution in [3.05, 3.63) is 29.8 Å². The van der Waals surface area contributed by atoms with Crippen molar-refractivity contribution in [1.29, 1.82) is 0 Å². The van der Waals surface area contributed by atoms with E-state index in [9.17, 15) is 9.90 Å². The third kappa shape index (κ3) is 2.96. The largest absolute Gasteiger partial charge is 0.480 e. The van der Waals surface area contributed by atoms with Gasteiger partial charge in [-0.2, -0.15) is 0 Å². The lowest BCUT2D eigenvalue weighted by Crippen LogP contribution is -2.40. The molecule has 1 aliphatic rings. The van der Waals surface area contributed by atoms with Crippen molar-refractivity contribution in [2.45, 2.75) is 38.3 Å². The minimum Gasteiger partial charge on any atom is -0.480 e. The molecule has 1 heterocycles. The summed E-state index contributed by atoms with van der Waals surface area (Å²) in [5.41, 5.74) is 2.39. The van der Waals surface area contributed by atoms with E-state index in [1.807, 2.05) is 21.0 Å². The Kier molecular flexibility index (Phi) is 4.65. The van der Waals surface area contributed by atoms with E-state index in [4.69, 9.17) is 0 Å². The summed E-state index contributed by atoms with van der Waals surface area (Å²) in [6.45, 7) is 2.83. The fraction of sp³-hybridized carbons (Fsp3) is 0.562. The smallest absolute Gasteiger partial charge is 0.320 e. The maximum absolute atomic E-state index is 11.4. The average Bonchev–Trinajstić information content (AvgIpc) is 2.88. The van der Waals surface area contributed by atoms with Crippen LogP contribution < -0.4 is 4.90 Å². The molecule has 4 heteroatoms. The molecule has 20 heavy (non-hydrogen) atoms. The summed E-state index contributed by atoms with van der Waals surface area (Å²) in [5.74, 6) is -0.705. The molecule has 0 aromatic heterocycles. The van der Waals surface area contributed by atoms with E-state index in [0.717, 1.165) is 25.1 Å². The highest BCUT2D eigenvalue weighted by Gasteiger charge is 2.34. The van der Waals surface area contributed by atoms with Gasteiger partial charge in [0.1, 0.15) is 6.04 Å². The first-order valence-corrected chi connectivity index (χ1v) is 7.30. The molecule has 2 atom stereocenters. The predicted octanol–water partition coefficient (Wildman–Crippen LogP) is 2.75. The van der Waals surface area contributed by atoms with E-state index in [1.165, 1.54) is 5.56 Å². The zero-order valence-corrected chi connectivity index (χ0v) is 12.5. The number of carboxylic acids is 1. The molecule has 1 aromatic carbocycles. The van der Waals surface area contributed by atoms with Crippen LogP contribution in [0.1, 0.15) is 37.8 Å². The number of hydrogen-bond acceptors (Lipinski definition) is 3. The van der Waals surface area contributed by atoms with E-state index in [0.29, 0.717) is 6.42 Å². The van der Waals surface area contributed by atoms with Crippen LogP contribution in [0.25, 0.3) is 0 Å². The predicted molar refractivity (Wildman–Crippen MR) is 81.2 cm³/mol. The van der Waals surface area contributed by atoms with Gasteiger partial charge in [0.2, 0.25) is 0 Å². The zero-order valence-electron chi connectivity index (χ0n) is 12.5. The van der Waals surface area contributed by atoms with E-state index < -0.39 is 5.97 Å². The number of rotatable bonds is 5. The molecule has 1 saturated heterocycles. The molecule has 1 aliphatic heterocycles. The molecule has 0 spiro atoms. The third-order valence-corrected chi connectivity index (χ3v) is 4.14. The summed E-state index contributed by atoms with van der Waals surface area (Å²) in [5, 5.41) is 9.39. The second kappa shape index (κ2) is 6.27. The van der Waals surface area contributed by atoms with E-state index in [-0.39, 0.29) is 12.1 Å². The van der Waals surface area contributed by atoms with Crippen LogP contribution in [0, 0.1) is 0 Å². The van der Waals surface area contributed by atoms with Crippen LogP contribution in [0.5, 0.6) is 0 Å². The molecule has 0 bridgehead atoms. The number of aliphatic carboxylic acids is 1. The number of carboxylic acid groups (broad SMARTS) is 1. The molecule has 0 saturated carbocycles. The maximum Gasteiger partial charge on any atom is 0.320 e. The summed E-state index contributed by atoms with van der Waals surface area (Å²) in [6.07, 6.45) is 2.76. The Morgan fingerprint density at radius 1 is 1.50 bits per heavy atom. The van der Waals surface area contributed by atoms with Gasteiger partial charge in [-0.05, 0) is 43.5 Å². The Hall–Kier alpha value is -1.55. The molecule has 2 rings (SSSR count). The fourth-order valence-corrected chi connectivity index (χ4v) is 3.08. The number of benzene rings is 1. The molecule has 110 valence electrons. The van der Waals surface area contributed by atoms with Gasteiger partial charge in [0.25, 0.3) is 0 Å². The van der Waals surface area contributed by atoms with Gasteiger partial charge in [-0.15, -0.1) is 0 Å². The monoisotopic (exact) mass is 276 g/mol. The Morgan fingerprint density at radius 3 is 2.85 bits per heavy atom. The first-order valence-electron chi connectivity index (χ1n) is 7.30. The molecule has 0 amide bonds. The van der Waals surface area contributed by atoms with Crippen LogP contribution in [-0.4, -0.2) is 42.7 Å². The number of likely N-dealkylation sites (tertiary alicyclic amines) is 1. The van der Waals surface area contributed by atoms with E-state index in [1.54, 1.807) is 0 Å². The lowest BCUT2D eigenvalue weighted by molar-refractivity contribution is -0.143. The highest BCUT2D eigenvalue weighted by molar-refractivity contribution is 5.73. The van der Waals surface area contributed by atoms with Crippen LogP contribution in [0.3, 0.4) is 0 Å².